The Morgan fingerprint density at radius 1 is 1.08 bits per heavy atom. The van der Waals surface area contributed by atoms with E-state index >= 15 is 0 Å². The van der Waals surface area contributed by atoms with Crippen LogP contribution >= 0.6 is 11.5 Å². The van der Waals surface area contributed by atoms with Gasteiger partial charge in [-0.05, 0) is 35.3 Å². The van der Waals surface area contributed by atoms with Crippen molar-refractivity contribution in [2.24, 2.45) is 0 Å². The van der Waals surface area contributed by atoms with Crippen LogP contribution < -0.4 is 0 Å². The van der Waals surface area contributed by atoms with Gasteiger partial charge in [0.05, 0.1) is 4.88 Å². The Bertz CT molecular complexity index is 353. The predicted molar refractivity (Wildman–Crippen MR) is 47.5 cm³/mol. The summed E-state index contributed by atoms with van der Waals surface area (Å²) in [6, 6.07) is 8.33. The van der Waals surface area contributed by atoms with Crippen LogP contribution in [0.3, 0.4) is 0 Å². The van der Waals surface area contributed by atoms with E-state index in [1.54, 1.807) is 18.3 Å². The Balaban J connectivity index is 2.43. The molecule has 2 aromatic rings. The molecule has 0 amide bonds. The van der Waals surface area contributed by atoms with Gasteiger partial charge in [0.2, 0.25) is 0 Å². The van der Waals surface area contributed by atoms with Crippen LogP contribution in [0.25, 0.3) is 10.4 Å². The zero-order valence-electron chi connectivity index (χ0n) is 6.20. The molecule has 1 heterocycles. The molecule has 0 spiro atoms. The van der Waals surface area contributed by atoms with E-state index in [1.165, 1.54) is 23.7 Å². The monoisotopic (exact) mass is 179 g/mol. The van der Waals surface area contributed by atoms with E-state index < -0.39 is 0 Å². The van der Waals surface area contributed by atoms with Gasteiger partial charge in [-0.1, -0.05) is 12.1 Å². The van der Waals surface area contributed by atoms with Gasteiger partial charge in [0.1, 0.15) is 5.82 Å². The molecule has 0 saturated heterocycles. The summed E-state index contributed by atoms with van der Waals surface area (Å²) < 4.78 is 16.5. The maximum absolute atomic E-state index is 12.5. The third-order valence-electron chi connectivity index (χ3n) is 1.57. The molecule has 60 valence electrons. The summed E-state index contributed by atoms with van der Waals surface area (Å²) in [6.45, 7) is 0. The minimum atomic E-state index is -0.205. The van der Waals surface area contributed by atoms with E-state index in [1.807, 2.05) is 6.07 Å². The highest BCUT2D eigenvalue weighted by atomic mass is 32.1. The average Bonchev–Trinajstić information content (AvgIpc) is 2.58. The highest BCUT2D eigenvalue weighted by Crippen LogP contribution is 2.22. The van der Waals surface area contributed by atoms with Crippen LogP contribution in [-0.4, -0.2) is 4.37 Å². The fourth-order valence-electron chi connectivity index (χ4n) is 0.979. The molecule has 0 fully saturated rings. The third kappa shape index (κ3) is 1.36. The lowest BCUT2D eigenvalue weighted by Gasteiger charge is -1.94. The zero-order valence-corrected chi connectivity index (χ0v) is 7.01. The first-order valence-electron chi connectivity index (χ1n) is 3.53. The first-order valence-corrected chi connectivity index (χ1v) is 4.30. The van der Waals surface area contributed by atoms with E-state index in [0.717, 1.165) is 10.4 Å². The molecule has 0 aliphatic rings. The smallest absolute Gasteiger partial charge is 0.123 e. The van der Waals surface area contributed by atoms with Crippen molar-refractivity contribution in [3.05, 3.63) is 42.3 Å². The van der Waals surface area contributed by atoms with Gasteiger partial charge in [-0.15, -0.1) is 0 Å². The van der Waals surface area contributed by atoms with Crippen LogP contribution in [0.4, 0.5) is 4.39 Å². The molecule has 0 bridgehead atoms. The van der Waals surface area contributed by atoms with E-state index in [2.05, 4.69) is 4.37 Å². The summed E-state index contributed by atoms with van der Waals surface area (Å²) in [4.78, 5) is 1.06. The topological polar surface area (TPSA) is 12.9 Å². The lowest BCUT2D eigenvalue weighted by atomic mass is 10.2. The fourth-order valence-corrected chi connectivity index (χ4v) is 1.58. The molecule has 0 aliphatic carbocycles. The van der Waals surface area contributed by atoms with E-state index in [-0.39, 0.29) is 5.82 Å². The predicted octanol–water partition coefficient (Wildman–Crippen LogP) is 2.95. The van der Waals surface area contributed by atoms with Crippen molar-refractivity contribution in [1.82, 2.24) is 4.37 Å². The van der Waals surface area contributed by atoms with Crippen LogP contribution in [-0.2, 0) is 0 Å². The molecule has 0 saturated carbocycles. The van der Waals surface area contributed by atoms with E-state index in [9.17, 15) is 4.39 Å². The van der Waals surface area contributed by atoms with Crippen molar-refractivity contribution >= 4 is 11.5 Å². The molecule has 2 rings (SSSR count). The third-order valence-corrected chi connectivity index (χ3v) is 2.36. The lowest BCUT2D eigenvalue weighted by Crippen LogP contribution is -1.73. The van der Waals surface area contributed by atoms with Crippen LogP contribution in [0.2, 0.25) is 0 Å². The van der Waals surface area contributed by atoms with Crippen molar-refractivity contribution in [1.29, 1.82) is 0 Å². The number of hydrogen-bond donors (Lipinski definition) is 0. The highest BCUT2D eigenvalue weighted by molar-refractivity contribution is 7.09. The van der Waals surface area contributed by atoms with Gasteiger partial charge in [-0.2, -0.15) is 0 Å². The van der Waals surface area contributed by atoms with Gasteiger partial charge in [-0.25, -0.2) is 8.76 Å². The average molecular weight is 179 g/mol. The highest BCUT2D eigenvalue weighted by Gasteiger charge is 1.98. The largest absolute Gasteiger partial charge is 0.207 e. The molecular formula is C9H6FNS. The summed E-state index contributed by atoms with van der Waals surface area (Å²) in [5, 5.41) is 0. The molecule has 0 N–H and O–H groups in total. The number of rotatable bonds is 1. The number of benzene rings is 1. The summed E-state index contributed by atoms with van der Waals surface area (Å²) in [5.74, 6) is -0.205. The molecule has 1 aromatic heterocycles. The minimum absolute atomic E-state index is 0.205. The molecule has 0 aliphatic heterocycles. The van der Waals surface area contributed by atoms with Crippen molar-refractivity contribution in [3.8, 4) is 10.4 Å². The van der Waals surface area contributed by atoms with Crippen LogP contribution in [0, 0.1) is 5.82 Å². The lowest BCUT2D eigenvalue weighted by molar-refractivity contribution is 0.628. The second kappa shape index (κ2) is 3.03. The molecule has 1 nitrogen and oxygen atoms in total. The first kappa shape index (κ1) is 7.43. The minimum Gasteiger partial charge on any atom is -0.207 e. The Morgan fingerprint density at radius 2 is 1.83 bits per heavy atom. The van der Waals surface area contributed by atoms with Crippen molar-refractivity contribution < 1.29 is 4.39 Å². The van der Waals surface area contributed by atoms with Gasteiger partial charge >= 0.3 is 0 Å². The second-order valence-corrected chi connectivity index (χ2v) is 3.22. The fraction of sp³-hybridized carbons (Fsp3) is 0. The van der Waals surface area contributed by atoms with Crippen molar-refractivity contribution in [2.75, 3.05) is 0 Å². The zero-order chi connectivity index (χ0) is 8.39. The molecule has 0 unspecified atom stereocenters. The number of nitrogens with zero attached hydrogens (tertiary/aromatic N) is 1. The van der Waals surface area contributed by atoms with Crippen LogP contribution in [0.5, 0.6) is 0 Å². The standard InChI is InChI=1S/C9H6FNS/c10-8-3-1-7(2-4-8)9-5-6-11-12-9/h1-6H. The maximum atomic E-state index is 12.5. The van der Waals surface area contributed by atoms with Gasteiger partial charge < -0.3 is 0 Å². The van der Waals surface area contributed by atoms with Crippen molar-refractivity contribution in [2.45, 2.75) is 0 Å². The van der Waals surface area contributed by atoms with Gasteiger partial charge in [0.15, 0.2) is 0 Å². The normalized spacial score (nSPS) is 10.1. The van der Waals surface area contributed by atoms with Crippen LogP contribution in [0.1, 0.15) is 0 Å². The molecule has 0 radical (unpaired) electrons. The summed E-state index contributed by atoms with van der Waals surface area (Å²) >= 11 is 1.41. The molecule has 3 heteroatoms. The Morgan fingerprint density at radius 3 is 2.42 bits per heavy atom. The van der Waals surface area contributed by atoms with Crippen molar-refractivity contribution in [3.63, 3.8) is 0 Å². The maximum Gasteiger partial charge on any atom is 0.123 e. The number of aromatic nitrogens is 1. The van der Waals surface area contributed by atoms with E-state index in [4.69, 9.17) is 0 Å². The summed E-state index contributed by atoms with van der Waals surface area (Å²) in [5.41, 5.74) is 1.01. The molecule has 0 atom stereocenters. The molecular weight excluding hydrogens is 173 g/mol. The molecule has 1 aromatic carbocycles. The van der Waals surface area contributed by atoms with Crippen LogP contribution in [0.15, 0.2) is 36.5 Å². The quantitative estimate of drug-likeness (QED) is 0.655. The number of halogens is 1. The Hall–Kier alpha value is -1.22. The van der Waals surface area contributed by atoms with Gasteiger partial charge in [-0.3, -0.25) is 0 Å². The van der Waals surface area contributed by atoms with E-state index in [0.29, 0.717) is 0 Å². The first-order chi connectivity index (χ1) is 5.86. The summed E-state index contributed by atoms with van der Waals surface area (Å²) in [7, 11) is 0. The van der Waals surface area contributed by atoms with Gasteiger partial charge in [0.25, 0.3) is 0 Å². The molecule has 12 heavy (non-hydrogen) atoms. The summed E-state index contributed by atoms with van der Waals surface area (Å²) in [6.07, 6.45) is 1.74. The van der Waals surface area contributed by atoms with Gasteiger partial charge in [0, 0.05) is 6.20 Å². The SMILES string of the molecule is Fc1ccc(-c2ccns2)cc1. The number of hydrogen-bond acceptors (Lipinski definition) is 2. The Kier molecular flexibility index (Phi) is 1.87. The second-order valence-electron chi connectivity index (χ2n) is 2.38. The Labute approximate surface area is 73.7 Å².